The minimum Gasteiger partial charge on any atom is -0.465 e. The summed E-state index contributed by atoms with van der Waals surface area (Å²) in [6.45, 7) is 12.8. The van der Waals surface area contributed by atoms with E-state index in [1.807, 2.05) is 27.7 Å². The largest absolute Gasteiger partial charge is 0.465 e. The maximum Gasteiger partial charge on any atom is 0.308 e. The summed E-state index contributed by atoms with van der Waals surface area (Å²) in [4.78, 5) is 24.4. The number of ether oxygens (including phenoxy) is 2. The fraction of sp³-hybridized carbons (Fsp3) is 0.905. The molecule has 0 aromatic carbocycles. The van der Waals surface area contributed by atoms with E-state index in [4.69, 9.17) is 9.47 Å². The maximum atomic E-state index is 12.2. The smallest absolute Gasteiger partial charge is 0.308 e. The maximum absolute atomic E-state index is 12.2. The average molecular weight is 357 g/mol. The summed E-state index contributed by atoms with van der Waals surface area (Å²) in [7, 11) is 0. The molecule has 4 nitrogen and oxygen atoms in total. The van der Waals surface area contributed by atoms with Crippen molar-refractivity contribution in [3.05, 3.63) is 0 Å². The Morgan fingerprint density at radius 3 is 1.40 bits per heavy atom. The van der Waals surface area contributed by atoms with E-state index in [0.717, 1.165) is 51.4 Å². The number of carbonyl (C=O) groups is 2. The predicted octanol–water partition coefficient (Wildman–Crippen LogP) is 5.53. The number of rotatable bonds is 14. The molecule has 0 aromatic rings. The van der Waals surface area contributed by atoms with Crippen LogP contribution >= 0.6 is 0 Å². The van der Waals surface area contributed by atoms with Gasteiger partial charge in [-0.25, -0.2) is 0 Å². The molecule has 0 rings (SSSR count). The zero-order valence-electron chi connectivity index (χ0n) is 17.4. The third-order valence-corrected chi connectivity index (χ3v) is 4.67. The molecule has 0 radical (unpaired) electrons. The molecular formula is C21H40O4. The van der Waals surface area contributed by atoms with Crippen LogP contribution < -0.4 is 0 Å². The van der Waals surface area contributed by atoms with E-state index in [-0.39, 0.29) is 42.4 Å². The second-order valence-electron chi connectivity index (χ2n) is 7.87. The van der Waals surface area contributed by atoms with Gasteiger partial charge in [0.15, 0.2) is 0 Å². The van der Waals surface area contributed by atoms with Gasteiger partial charge >= 0.3 is 11.9 Å². The monoisotopic (exact) mass is 356 g/mol. The van der Waals surface area contributed by atoms with Crippen molar-refractivity contribution in [2.45, 2.75) is 92.9 Å². The van der Waals surface area contributed by atoms with Crippen molar-refractivity contribution < 1.29 is 19.1 Å². The first-order valence-electron chi connectivity index (χ1n) is 10.1. The SMILES string of the molecule is CCCC[C@@H](CC)C(=O)OCC(C)(C)COC(=O)[C@@H](CC)CCCC. The van der Waals surface area contributed by atoms with Gasteiger partial charge in [-0.3, -0.25) is 9.59 Å². The van der Waals surface area contributed by atoms with Gasteiger partial charge in [0.2, 0.25) is 0 Å². The van der Waals surface area contributed by atoms with Crippen LogP contribution in [0.1, 0.15) is 92.9 Å². The van der Waals surface area contributed by atoms with Crippen molar-refractivity contribution in [1.29, 1.82) is 0 Å². The first-order valence-corrected chi connectivity index (χ1v) is 10.1. The Balaban J connectivity index is 4.34. The topological polar surface area (TPSA) is 52.6 Å². The molecule has 0 fully saturated rings. The Labute approximate surface area is 155 Å². The highest BCUT2D eigenvalue weighted by Gasteiger charge is 2.27. The Morgan fingerprint density at radius 1 is 0.760 bits per heavy atom. The Kier molecular flexibility index (Phi) is 12.6. The summed E-state index contributed by atoms with van der Waals surface area (Å²) < 4.78 is 11.0. The molecule has 0 aliphatic carbocycles. The van der Waals surface area contributed by atoms with Crippen LogP contribution in [0, 0.1) is 17.3 Å². The van der Waals surface area contributed by atoms with Gasteiger partial charge in [-0.05, 0) is 25.7 Å². The molecule has 148 valence electrons. The lowest BCUT2D eigenvalue weighted by Crippen LogP contribution is -2.31. The van der Waals surface area contributed by atoms with Gasteiger partial charge in [-0.15, -0.1) is 0 Å². The highest BCUT2D eigenvalue weighted by Crippen LogP contribution is 2.21. The second kappa shape index (κ2) is 13.2. The van der Waals surface area contributed by atoms with Gasteiger partial charge in [-0.2, -0.15) is 0 Å². The fourth-order valence-electron chi connectivity index (χ4n) is 2.69. The number of esters is 2. The molecule has 0 amide bonds. The molecule has 0 N–H and O–H groups in total. The van der Waals surface area contributed by atoms with Crippen molar-refractivity contribution in [1.82, 2.24) is 0 Å². The van der Waals surface area contributed by atoms with Crippen molar-refractivity contribution in [2.75, 3.05) is 13.2 Å². The van der Waals surface area contributed by atoms with Crippen LogP contribution in [0.5, 0.6) is 0 Å². The number of carbonyl (C=O) groups excluding carboxylic acids is 2. The second-order valence-corrected chi connectivity index (χ2v) is 7.87. The molecule has 0 aliphatic heterocycles. The van der Waals surface area contributed by atoms with E-state index in [0.29, 0.717) is 0 Å². The standard InChI is InChI=1S/C21H40O4/c1-7-11-13-17(9-3)19(22)24-15-21(5,6)16-25-20(23)18(10-4)14-12-8-2/h17-18H,7-16H2,1-6H3/t17-,18+. The lowest BCUT2D eigenvalue weighted by Gasteiger charge is -2.26. The van der Waals surface area contributed by atoms with Crippen molar-refractivity contribution >= 4 is 11.9 Å². The van der Waals surface area contributed by atoms with Crippen LogP contribution in [0.15, 0.2) is 0 Å². The molecule has 0 bridgehead atoms. The first kappa shape index (κ1) is 23.9. The van der Waals surface area contributed by atoms with Crippen molar-refractivity contribution in [3.8, 4) is 0 Å². The van der Waals surface area contributed by atoms with E-state index in [9.17, 15) is 9.59 Å². The molecule has 0 heterocycles. The number of unbranched alkanes of at least 4 members (excludes halogenated alkanes) is 2. The lowest BCUT2D eigenvalue weighted by atomic mass is 9.95. The van der Waals surface area contributed by atoms with Gasteiger partial charge in [0.25, 0.3) is 0 Å². The van der Waals surface area contributed by atoms with E-state index in [2.05, 4.69) is 13.8 Å². The molecule has 0 aliphatic rings. The Bertz CT molecular complexity index is 342. The third kappa shape index (κ3) is 10.5. The molecule has 0 unspecified atom stereocenters. The minimum absolute atomic E-state index is 0.0168. The minimum atomic E-state index is -0.364. The summed E-state index contributed by atoms with van der Waals surface area (Å²) in [6.07, 6.45) is 7.65. The summed E-state index contributed by atoms with van der Waals surface area (Å²) in [5.74, 6) is -0.275. The zero-order valence-corrected chi connectivity index (χ0v) is 17.4. The van der Waals surface area contributed by atoms with Crippen LogP contribution in [0.2, 0.25) is 0 Å². The van der Waals surface area contributed by atoms with Gasteiger partial charge in [0.1, 0.15) is 0 Å². The van der Waals surface area contributed by atoms with Gasteiger partial charge in [-0.1, -0.05) is 67.2 Å². The first-order chi connectivity index (χ1) is 11.8. The molecule has 2 atom stereocenters. The molecule has 0 saturated heterocycles. The summed E-state index contributed by atoms with van der Waals surface area (Å²) in [5.41, 5.74) is -0.364. The number of hydrogen-bond donors (Lipinski definition) is 0. The summed E-state index contributed by atoms with van der Waals surface area (Å²) in [6, 6.07) is 0. The molecule has 0 spiro atoms. The normalized spacial score (nSPS) is 14.0. The number of hydrogen-bond acceptors (Lipinski definition) is 4. The predicted molar refractivity (Wildman–Crippen MR) is 102 cm³/mol. The van der Waals surface area contributed by atoms with Crippen LogP contribution in [-0.4, -0.2) is 25.2 Å². The van der Waals surface area contributed by atoms with Crippen LogP contribution in [0.25, 0.3) is 0 Å². The quantitative estimate of drug-likeness (QED) is 0.384. The van der Waals surface area contributed by atoms with Crippen LogP contribution in [-0.2, 0) is 19.1 Å². The van der Waals surface area contributed by atoms with Crippen LogP contribution in [0.4, 0.5) is 0 Å². The van der Waals surface area contributed by atoms with E-state index >= 15 is 0 Å². The van der Waals surface area contributed by atoms with Crippen molar-refractivity contribution in [2.24, 2.45) is 17.3 Å². The Morgan fingerprint density at radius 2 is 1.12 bits per heavy atom. The molecule has 0 saturated carbocycles. The molecule has 0 aromatic heterocycles. The average Bonchev–Trinajstić information content (AvgIpc) is 2.59. The highest BCUT2D eigenvalue weighted by molar-refractivity contribution is 5.73. The van der Waals surface area contributed by atoms with E-state index in [1.165, 1.54) is 0 Å². The summed E-state index contributed by atoms with van der Waals surface area (Å²) >= 11 is 0. The molecular weight excluding hydrogens is 316 g/mol. The lowest BCUT2D eigenvalue weighted by molar-refractivity contribution is -0.158. The fourth-order valence-corrected chi connectivity index (χ4v) is 2.69. The van der Waals surface area contributed by atoms with E-state index < -0.39 is 0 Å². The Hall–Kier alpha value is -1.06. The van der Waals surface area contributed by atoms with Crippen molar-refractivity contribution in [3.63, 3.8) is 0 Å². The van der Waals surface area contributed by atoms with Gasteiger partial charge in [0.05, 0.1) is 25.0 Å². The van der Waals surface area contributed by atoms with Gasteiger partial charge in [0, 0.05) is 5.41 Å². The van der Waals surface area contributed by atoms with E-state index in [1.54, 1.807) is 0 Å². The highest BCUT2D eigenvalue weighted by atomic mass is 16.5. The zero-order chi connectivity index (χ0) is 19.3. The molecule has 4 heteroatoms. The third-order valence-electron chi connectivity index (χ3n) is 4.67. The van der Waals surface area contributed by atoms with Gasteiger partial charge < -0.3 is 9.47 Å². The summed E-state index contributed by atoms with van der Waals surface area (Å²) in [5, 5.41) is 0. The van der Waals surface area contributed by atoms with Crippen LogP contribution in [0.3, 0.4) is 0 Å². The molecule has 25 heavy (non-hydrogen) atoms.